The summed E-state index contributed by atoms with van der Waals surface area (Å²) in [5, 5.41) is 1.16. The minimum absolute atomic E-state index is 0.00799. The molecule has 7 nitrogen and oxygen atoms in total. The van der Waals surface area contributed by atoms with Gasteiger partial charge in [-0.15, -0.1) is 0 Å². The summed E-state index contributed by atoms with van der Waals surface area (Å²) in [6.07, 6.45) is 3.45. The molecule has 0 aliphatic rings. The van der Waals surface area contributed by atoms with Crippen molar-refractivity contribution >= 4 is 22.7 Å². The molecule has 7 heteroatoms. The zero-order chi connectivity index (χ0) is 27.8. The number of hydrogen-bond donors (Lipinski definition) is 1. The fraction of sp³-hybridized carbons (Fsp3) is 0.312. The number of fused-ring (bicyclic) bond motifs is 1. The number of nitrogens with one attached hydrogen (secondary N) is 1. The van der Waals surface area contributed by atoms with Gasteiger partial charge in [-0.1, -0.05) is 55.0 Å². The van der Waals surface area contributed by atoms with Crippen LogP contribution in [-0.4, -0.2) is 60.5 Å². The zero-order valence-corrected chi connectivity index (χ0v) is 23.2. The SMILES string of the molecule is CCCN(CC(=O)N(CCc1c[nH]c2ccccc12)Cc1ccc(C)cc1)C(=O)c1cc(OC)cc(OC)c1. The van der Waals surface area contributed by atoms with E-state index in [4.69, 9.17) is 9.47 Å². The third kappa shape index (κ3) is 6.99. The van der Waals surface area contributed by atoms with Gasteiger partial charge in [0.05, 0.1) is 14.2 Å². The summed E-state index contributed by atoms with van der Waals surface area (Å²) in [7, 11) is 3.10. The van der Waals surface area contributed by atoms with Gasteiger partial charge >= 0.3 is 0 Å². The number of nitrogens with zero attached hydrogens (tertiary/aromatic N) is 2. The topological polar surface area (TPSA) is 74.9 Å². The highest BCUT2D eigenvalue weighted by Crippen LogP contribution is 2.24. The fourth-order valence-electron chi connectivity index (χ4n) is 4.70. The first-order chi connectivity index (χ1) is 18.9. The number of carbonyl (C=O) groups is 2. The summed E-state index contributed by atoms with van der Waals surface area (Å²) >= 11 is 0. The molecular weight excluding hydrogens is 490 g/mol. The van der Waals surface area contributed by atoms with Crippen LogP contribution >= 0.6 is 0 Å². The first-order valence-corrected chi connectivity index (χ1v) is 13.3. The van der Waals surface area contributed by atoms with Crippen LogP contribution in [-0.2, 0) is 17.8 Å². The third-order valence-corrected chi connectivity index (χ3v) is 6.88. The lowest BCUT2D eigenvalue weighted by Gasteiger charge is -2.28. The van der Waals surface area contributed by atoms with E-state index in [1.54, 1.807) is 37.3 Å². The molecule has 0 fully saturated rings. The summed E-state index contributed by atoms with van der Waals surface area (Å²) in [4.78, 5) is 34.1. The Kier molecular flexibility index (Phi) is 9.26. The van der Waals surface area contributed by atoms with Crippen LogP contribution in [0.15, 0.2) is 72.9 Å². The molecule has 0 aliphatic heterocycles. The molecule has 1 heterocycles. The third-order valence-electron chi connectivity index (χ3n) is 6.88. The van der Waals surface area contributed by atoms with E-state index in [2.05, 4.69) is 41.4 Å². The monoisotopic (exact) mass is 527 g/mol. The molecule has 4 rings (SSSR count). The molecule has 2 amide bonds. The lowest BCUT2D eigenvalue weighted by Crippen LogP contribution is -2.43. The van der Waals surface area contributed by atoms with Gasteiger partial charge in [-0.05, 0) is 49.1 Å². The van der Waals surface area contributed by atoms with Gasteiger partial charge in [0.1, 0.15) is 18.0 Å². The Morgan fingerprint density at radius 1 is 0.872 bits per heavy atom. The number of H-pyrrole nitrogens is 1. The van der Waals surface area contributed by atoms with Crippen molar-refractivity contribution in [1.82, 2.24) is 14.8 Å². The minimum Gasteiger partial charge on any atom is -0.497 e. The number of benzene rings is 3. The van der Waals surface area contributed by atoms with E-state index in [0.717, 1.165) is 28.5 Å². The van der Waals surface area contributed by atoms with Crippen molar-refractivity contribution in [2.45, 2.75) is 33.2 Å². The van der Waals surface area contributed by atoms with E-state index in [1.807, 2.05) is 37.1 Å². The van der Waals surface area contributed by atoms with Crippen molar-refractivity contribution in [2.75, 3.05) is 33.9 Å². The predicted octanol–water partition coefficient (Wildman–Crippen LogP) is 5.62. The lowest BCUT2D eigenvalue weighted by atomic mass is 10.1. The van der Waals surface area contributed by atoms with Crippen molar-refractivity contribution in [2.24, 2.45) is 0 Å². The summed E-state index contributed by atoms with van der Waals surface area (Å²) in [5.74, 6) is 0.738. The van der Waals surface area contributed by atoms with E-state index >= 15 is 0 Å². The molecule has 1 aromatic heterocycles. The Balaban J connectivity index is 1.56. The highest BCUT2D eigenvalue weighted by Gasteiger charge is 2.23. The van der Waals surface area contributed by atoms with Crippen LogP contribution in [0.25, 0.3) is 10.9 Å². The number of aryl methyl sites for hydroxylation is 1. The second-order valence-corrected chi connectivity index (χ2v) is 9.74. The molecule has 204 valence electrons. The van der Waals surface area contributed by atoms with E-state index in [-0.39, 0.29) is 18.4 Å². The number of hydrogen-bond acceptors (Lipinski definition) is 4. The molecule has 0 bridgehead atoms. The maximum absolute atomic E-state index is 13.8. The van der Waals surface area contributed by atoms with Gasteiger partial charge in [0.15, 0.2) is 0 Å². The van der Waals surface area contributed by atoms with Crippen molar-refractivity contribution in [3.8, 4) is 11.5 Å². The lowest BCUT2D eigenvalue weighted by molar-refractivity contribution is -0.132. The number of rotatable bonds is 12. The summed E-state index contributed by atoms with van der Waals surface area (Å²) in [6, 6.07) is 21.5. The van der Waals surface area contributed by atoms with Crippen molar-refractivity contribution in [1.29, 1.82) is 0 Å². The van der Waals surface area contributed by atoms with Gasteiger partial charge in [0.2, 0.25) is 5.91 Å². The largest absolute Gasteiger partial charge is 0.497 e. The molecule has 1 N–H and O–H groups in total. The molecule has 0 radical (unpaired) electrons. The van der Waals surface area contributed by atoms with Gasteiger partial charge in [-0.2, -0.15) is 0 Å². The maximum Gasteiger partial charge on any atom is 0.254 e. The number of methoxy groups -OCH3 is 2. The van der Waals surface area contributed by atoms with Crippen molar-refractivity contribution in [3.05, 3.63) is 95.2 Å². The highest BCUT2D eigenvalue weighted by atomic mass is 16.5. The number of aromatic amines is 1. The van der Waals surface area contributed by atoms with Crippen molar-refractivity contribution in [3.63, 3.8) is 0 Å². The van der Waals surface area contributed by atoms with Crippen LogP contribution in [0.4, 0.5) is 0 Å². The summed E-state index contributed by atoms with van der Waals surface area (Å²) in [6.45, 7) is 5.51. The molecule has 0 unspecified atom stereocenters. The van der Waals surface area contributed by atoms with Gasteiger partial charge < -0.3 is 24.3 Å². The van der Waals surface area contributed by atoms with E-state index in [0.29, 0.717) is 43.1 Å². The van der Waals surface area contributed by atoms with Crippen LogP contribution in [0.3, 0.4) is 0 Å². The van der Waals surface area contributed by atoms with E-state index in [9.17, 15) is 9.59 Å². The predicted molar refractivity (Wildman–Crippen MR) is 154 cm³/mol. The molecule has 0 saturated carbocycles. The van der Waals surface area contributed by atoms with Gasteiger partial charge in [-0.25, -0.2) is 0 Å². The van der Waals surface area contributed by atoms with Crippen LogP contribution in [0, 0.1) is 6.92 Å². The molecule has 3 aromatic carbocycles. The molecular formula is C32H37N3O4. The Hall–Kier alpha value is -4.26. The average Bonchev–Trinajstić information content (AvgIpc) is 3.38. The zero-order valence-electron chi connectivity index (χ0n) is 23.2. The van der Waals surface area contributed by atoms with Crippen LogP contribution < -0.4 is 9.47 Å². The minimum atomic E-state index is -0.227. The smallest absolute Gasteiger partial charge is 0.254 e. The first-order valence-electron chi connectivity index (χ1n) is 13.3. The number of carbonyl (C=O) groups excluding carboxylic acids is 2. The molecule has 0 aliphatic carbocycles. The summed E-state index contributed by atoms with van der Waals surface area (Å²) < 4.78 is 10.7. The Morgan fingerprint density at radius 2 is 1.56 bits per heavy atom. The van der Waals surface area contributed by atoms with Gasteiger partial charge in [0.25, 0.3) is 5.91 Å². The maximum atomic E-state index is 13.8. The molecule has 0 saturated heterocycles. The van der Waals surface area contributed by atoms with Gasteiger partial charge in [0, 0.05) is 48.4 Å². The standard InChI is InChI=1S/C32H37N3O4/c1-5-15-35(32(37)26-17-27(38-3)19-28(18-26)39-4)22-31(36)34(21-24-12-10-23(2)11-13-24)16-14-25-20-33-30-9-7-6-8-29(25)30/h6-13,17-20,33H,5,14-16,21-22H2,1-4H3. The van der Waals surface area contributed by atoms with Crippen molar-refractivity contribution < 1.29 is 19.1 Å². The number of ether oxygens (including phenoxy) is 2. The first kappa shape index (κ1) is 27.8. The Labute approximate surface area is 230 Å². The summed E-state index contributed by atoms with van der Waals surface area (Å²) in [5.41, 5.74) is 4.90. The number of para-hydroxylation sites is 1. The molecule has 0 spiro atoms. The second kappa shape index (κ2) is 13.0. The Bertz CT molecular complexity index is 1390. The number of amides is 2. The quantitative estimate of drug-likeness (QED) is 0.260. The van der Waals surface area contributed by atoms with Crippen LogP contribution in [0.5, 0.6) is 11.5 Å². The van der Waals surface area contributed by atoms with E-state index in [1.165, 1.54) is 5.56 Å². The average molecular weight is 528 g/mol. The molecule has 4 aromatic rings. The van der Waals surface area contributed by atoms with Crippen LogP contribution in [0.2, 0.25) is 0 Å². The van der Waals surface area contributed by atoms with Gasteiger partial charge in [-0.3, -0.25) is 9.59 Å². The van der Waals surface area contributed by atoms with Crippen LogP contribution in [0.1, 0.15) is 40.4 Å². The molecule has 39 heavy (non-hydrogen) atoms. The number of aromatic nitrogens is 1. The fourth-order valence-corrected chi connectivity index (χ4v) is 4.70. The molecule has 0 atom stereocenters. The normalized spacial score (nSPS) is 10.9. The Morgan fingerprint density at radius 3 is 2.23 bits per heavy atom. The highest BCUT2D eigenvalue weighted by molar-refractivity contribution is 5.97. The second-order valence-electron chi connectivity index (χ2n) is 9.74. The van der Waals surface area contributed by atoms with E-state index < -0.39 is 0 Å².